The Hall–Kier alpha value is -3.23. The smallest absolute Gasteiger partial charge is 0.342 e. The summed E-state index contributed by atoms with van der Waals surface area (Å²) in [5.41, 5.74) is 0.182. The van der Waals surface area contributed by atoms with Crippen LogP contribution in [-0.2, 0) is 4.74 Å². The average Bonchev–Trinajstić information content (AvgIpc) is 2.60. The molecule has 132 valence electrons. The maximum Gasteiger partial charge on any atom is 0.342 e. The molecule has 0 unspecified atom stereocenters. The first kappa shape index (κ1) is 18.1. The monoisotopic (exact) mass is 346 g/mol. The minimum absolute atomic E-state index is 0.00304. The number of nitrogens with zero attached hydrogens (tertiary/aromatic N) is 4. The molecule has 0 saturated carbocycles. The van der Waals surface area contributed by atoms with E-state index >= 15 is 0 Å². The van der Waals surface area contributed by atoms with E-state index in [2.05, 4.69) is 15.0 Å². The second-order valence-corrected chi connectivity index (χ2v) is 5.13. The van der Waals surface area contributed by atoms with E-state index in [0.29, 0.717) is 5.95 Å². The third-order valence-corrected chi connectivity index (χ3v) is 3.16. The molecule has 1 heterocycles. The molecule has 0 N–H and O–H groups in total. The molecule has 0 fully saturated rings. The van der Waals surface area contributed by atoms with E-state index in [1.54, 1.807) is 25.1 Å². The lowest BCUT2D eigenvalue weighted by Crippen LogP contribution is -2.15. The Balaban J connectivity index is 2.54. The minimum atomic E-state index is -0.699. The van der Waals surface area contributed by atoms with Crippen LogP contribution in [0.5, 0.6) is 17.8 Å². The van der Waals surface area contributed by atoms with Gasteiger partial charge in [-0.1, -0.05) is 12.1 Å². The lowest BCUT2D eigenvalue weighted by molar-refractivity contribution is 0.0594. The predicted octanol–water partition coefficient (Wildman–Crippen LogP) is 1.73. The van der Waals surface area contributed by atoms with Crippen LogP contribution in [0.1, 0.15) is 27.6 Å². The van der Waals surface area contributed by atoms with Crippen LogP contribution >= 0.6 is 0 Å². The van der Waals surface area contributed by atoms with Crippen molar-refractivity contribution in [2.24, 2.45) is 0 Å². The molecule has 0 aliphatic rings. The Morgan fingerprint density at radius 1 is 1.04 bits per heavy atom. The van der Waals surface area contributed by atoms with Crippen molar-refractivity contribution in [3.05, 3.63) is 29.3 Å². The van der Waals surface area contributed by atoms with Crippen LogP contribution in [0.25, 0.3) is 0 Å². The molecule has 0 radical (unpaired) electrons. The summed E-state index contributed by atoms with van der Waals surface area (Å²) in [7, 11) is 6.12. The van der Waals surface area contributed by atoms with Crippen LogP contribution in [0.2, 0.25) is 0 Å². The molecule has 0 aliphatic heterocycles. The molecular weight excluding hydrogens is 328 g/mol. The molecule has 0 spiro atoms. The van der Waals surface area contributed by atoms with Crippen LogP contribution in [0.4, 0.5) is 5.95 Å². The van der Waals surface area contributed by atoms with E-state index in [0.717, 1.165) is 0 Å². The number of aromatic nitrogens is 3. The molecular formula is C16H18N4O5. The number of hydrogen-bond acceptors (Lipinski definition) is 9. The number of anilines is 1. The van der Waals surface area contributed by atoms with Gasteiger partial charge in [-0.2, -0.15) is 9.97 Å². The van der Waals surface area contributed by atoms with E-state index < -0.39 is 5.97 Å². The molecule has 0 atom stereocenters. The van der Waals surface area contributed by atoms with Gasteiger partial charge in [0.1, 0.15) is 11.3 Å². The summed E-state index contributed by atoms with van der Waals surface area (Å²) in [5, 5.41) is 0. The number of esters is 1. The molecule has 0 aliphatic carbocycles. The minimum Gasteiger partial charge on any atom is -0.467 e. The highest BCUT2D eigenvalue weighted by atomic mass is 16.5. The molecule has 9 nitrogen and oxygen atoms in total. The van der Waals surface area contributed by atoms with Gasteiger partial charge in [0.05, 0.1) is 14.2 Å². The third-order valence-electron chi connectivity index (χ3n) is 3.16. The van der Waals surface area contributed by atoms with Crippen molar-refractivity contribution in [3.8, 4) is 17.8 Å². The maximum absolute atomic E-state index is 12.1. The van der Waals surface area contributed by atoms with Gasteiger partial charge in [0.25, 0.3) is 0 Å². The van der Waals surface area contributed by atoms with Crippen LogP contribution in [-0.4, -0.2) is 55.0 Å². The number of methoxy groups -OCH3 is 2. The topological polar surface area (TPSA) is 104 Å². The summed E-state index contributed by atoms with van der Waals surface area (Å²) in [5.74, 6) is -0.593. The van der Waals surface area contributed by atoms with Gasteiger partial charge < -0.3 is 19.1 Å². The maximum atomic E-state index is 12.1. The van der Waals surface area contributed by atoms with Gasteiger partial charge in [0, 0.05) is 19.7 Å². The highest BCUT2D eigenvalue weighted by Gasteiger charge is 2.22. The Kier molecular flexibility index (Phi) is 5.48. The Labute approximate surface area is 144 Å². The Bertz CT molecular complexity index is 807. The van der Waals surface area contributed by atoms with Crippen molar-refractivity contribution < 1.29 is 23.8 Å². The first-order valence-electron chi connectivity index (χ1n) is 7.24. The van der Waals surface area contributed by atoms with Gasteiger partial charge in [-0.25, -0.2) is 4.79 Å². The van der Waals surface area contributed by atoms with Gasteiger partial charge in [-0.3, -0.25) is 4.79 Å². The highest BCUT2D eigenvalue weighted by molar-refractivity contribution is 6.07. The Morgan fingerprint density at radius 3 is 2.28 bits per heavy atom. The summed E-state index contributed by atoms with van der Waals surface area (Å²) in [6.45, 7) is 1.35. The van der Waals surface area contributed by atoms with Crippen molar-refractivity contribution >= 4 is 17.7 Å². The molecule has 0 amide bonds. The molecule has 1 aromatic heterocycles. The molecule has 2 rings (SSSR count). The number of carbonyl (C=O) groups excluding carboxylic acids is 2. The number of ketones is 1. The van der Waals surface area contributed by atoms with Gasteiger partial charge >= 0.3 is 18.0 Å². The van der Waals surface area contributed by atoms with Crippen LogP contribution in [0.15, 0.2) is 18.2 Å². The molecule has 9 heteroatoms. The summed E-state index contributed by atoms with van der Waals surface area (Å²) >= 11 is 0. The largest absolute Gasteiger partial charge is 0.467 e. The fraction of sp³-hybridized carbons (Fsp3) is 0.312. The number of hydrogen-bond donors (Lipinski definition) is 0. The summed E-state index contributed by atoms with van der Waals surface area (Å²) < 4.78 is 15.4. The lowest BCUT2D eigenvalue weighted by Gasteiger charge is -2.14. The van der Waals surface area contributed by atoms with Crippen LogP contribution in [0, 0.1) is 0 Å². The SMILES string of the molecule is COC(=O)c1c(Oc2nc(OC)nc(N(C)C)n2)cccc1C(C)=O. The average molecular weight is 346 g/mol. The van der Waals surface area contributed by atoms with E-state index in [1.165, 1.54) is 33.3 Å². The lowest BCUT2D eigenvalue weighted by atomic mass is 10.0. The molecule has 1 aromatic carbocycles. The van der Waals surface area contributed by atoms with Crippen LogP contribution in [0.3, 0.4) is 0 Å². The van der Waals surface area contributed by atoms with Crippen molar-refractivity contribution in [3.63, 3.8) is 0 Å². The van der Waals surface area contributed by atoms with Crippen LogP contribution < -0.4 is 14.4 Å². The number of carbonyl (C=O) groups is 2. The van der Waals surface area contributed by atoms with E-state index in [9.17, 15) is 9.59 Å². The fourth-order valence-corrected chi connectivity index (χ4v) is 1.99. The summed E-state index contributed by atoms with van der Waals surface area (Å²) in [6, 6.07) is 4.59. The molecule has 0 bridgehead atoms. The first-order valence-corrected chi connectivity index (χ1v) is 7.24. The normalized spacial score (nSPS) is 10.1. The van der Waals surface area contributed by atoms with Crippen molar-refractivity contribution in [2.45, 2.75) is 6.92 Å². The predicted molar refractivity (Wildman–Crippen MR) is 88.6 cm³/mol. The van der Waals surface area contributed by atoms with E-state index in [4.69, 9.17) is 14.2 Å². The second-order valence-electron chi connectivity index (χ2n) is 5.13. The zero-order chi connectivity index (χ0) is 18.6. The third kappa shape index (κ3) is 4.00. The van der Waals surface area contributed by atoms with Gasteiger partial charge in [0.15, 0.2) is 5.78 Å². The van der Waals surface area contributed by atoms with Crippen molar-refractivity contribution in [1.29, 1.82) is 0 Å². The zero-order valence-corrected chi connectivity index (χ0v) is 14.6. The van der Waals surface area contributed by atoms with Crippen molar-refractivity contribution in [2.75, 3.05) is 33.2 Å². The van der Waals surface area contributed by atoms with Gasteiger partial charge in [-0.15, -0.1) is 4.98 Å². The van der Waals surface area contributed by atoms with E-state index in [-0.39, 0.29) is 34.7 Å². The van der Waals surface area contributed by atoms with Crippen molar-refractivity contribution in [1.82, 2.24) is 15.0 Å². The molecule has 0 saturated heterocycles. The van der Waals surface area contributed by atoms with Gasteiger partial charge in [0.2, 0.25) is 5.95 Å². The number of rotatable bonds is 6. The standard InChI is InChI=1S/C16H18N4O5/c1-9(21)10-7-6-8-11(12(10)13(22)23-4)25-16-18-14(20(2)3)17-15(19-16)24-5/h6-8H,1-5H3. The molecule has 2 aromatic rings. The summed E-state index contributed by atoms with van der Waals surface area (Å²) in [4.78, 5) is 37.8. The Morgan fingerprint density at radius 2 is 1.72 bits per heavy atom. The molecule has 25 heavy (non-hydrogen) atoms. The van der Waals surface area contributed by atoms with Gasteiger partial charge in [-0.05, 0) is 13.0 Å². The highest BCUT2D eigenvalue weighted by Crippen LogP contribution is 2.28. The quantitative estimate of drug-likeness (QED) is 0.571. The fourth-order valence-electron chi connectivity index (χ4n) is 1.99. The number of Topliss-reactive ketones (excluding diaryl/α,β-unsaturated/α-hetero) is 1. The zero-order valence-electron chi connectivity index (χ0n) is 14.6. The first-order chi connectivity index (χ1) is 11.9. The second kappa shape index (κ2) is 7.56. The van der Waals surface area contributed by atoms with E-state index in [1.807, 2.05) is 0 Å². The number of ether oxygens (including phenoxy) is 3. The summed E-state index contributed by atoms with van der Waals surface area (Å²) in [6.07, 6.45) is 0. The number of benzene rings is 1.